The van der Waals surface area contributed by atoms with Gasteiger partial charge in [0, 0.05) is 29.7 Å². The zero-order chi connectivity index (χ0) is 13.7. The Kier molecular flexibility index (Phi) is 5.46. The lowest BCUT2D eigenvalue weighted by Gasteiger charge is -2.31. The number of carbonyl (C=O) groups excluding carboxylic acids is 1. The van der Waals surface area contributed by atoms with Gasteiger partial charge in [-0.2, -0.15) is 11.8 Å². The molecule has 0 aliphatic carbocycles. The minimum Gasteiger partial charge on any atom is -0.294 e. The molecule has 1 heterocycles. The summed E-state index contributed by atoms with van der Waals surface area (Å²) in [5.41, 5.74) is 2.14. The average Bonchev–Trinajstić information content (AvgIpc) is 2.47. The molecule has 1 saturated heterocycles. The maximum Gasteiger partial charge on any atom is 0.176 e. The van der Waals surface area contributed by atoms with Crippen molar-refractivity contribution in [3.8, 4) is 0 Å². The Morgan fingerprint density at radius 3 is 2.68 bits per heavy atom. The third kappa shape index (κ3) is 4.08. The Morgan fingerprint density at radius 2 is 2.05 bits per heavy atom. The summed E-state index contributed by atoms with van der Waals surface area (Å²) in [5.74, 6) is 1.41. The van der Waals surface area contributed by atoms with Crippen LogP contribution in [0.5, 0.6) is 0 Å². The standard InChI is InChI=1S/C16H23NOS/c1-3-13-5-7-14(8-6-13)16(18)12-17-9-10-19-15(4-2)11-17/h5-8,15H,3-4,9-12H2,1-2H3. The summed E-state index contributed by atoms with van der Waals surface area (Å²) in [7, 11) is 0. The highest BCUT2D eigenvalue weighted by molar-refractivity contribution is 8.00. The highest BCUT2D eigenvalue weighted by atomic mass is 32.2. The van der Waals surface area contributed by atoms with E-state index in [4.69, 9.17) is 0 Å². The Balaban J connectivity index is 1.92. The maximum absolute atomic E-state index is 12.3. The quantitative estimate of drug-likeness (QED) is 0.771. The minimum atomic E-state index is 0.254. The van der Waals surface area contributed by atoms with Crippen molar-refractivity contribution in [2.24, 2.45) is 0 Å². The molecule has 3 heteroatoms. The van der Waals surface area contributed by atoms with Crippen molar-refractivity contribution in [2.75, 3.05) is 25.4 Å². The first-order valence-corrected chi connectivity index (χ1v) is 8.24. The fourth-order valence-corrected chi connectivity index (χ4v) is 3.64. The van der Waals surface area contributed by atoms with E-state index in [0.717, 1.165) is 30.8 Å². The molecule has 0 N–H and O–H groups in total. The number of benzene rings is 1. The fourth-order valence-electron chi connectivity index (χ4n) is 2.39. The van der Waals surface area contributed by atoms with Gasteiger partial charge < -0.3 is 0 Å². The summed E-state index contributed by atoms with van der Waals surface area (Å²) >= 11 is 2.04. The molecule has 1 unspecified atom stereocenters. The van der Waals surface area contributed by atoms with Gasteiger partial charge in [0.2, 0.25) is 0 Å². The molecule has 1 aromatic rings. The van der Waals surface area contributed by atoms with Gasteiger partial charge in [-0.15, -0.1) is 0 Å². The lowest BCUT2D eigenvalue weighted by Crippen LogP contribution is -2.40. The molecule has 0 radical (unpaired) electrons. The largest absolute Gasteiger partial charge is 0.294 e. The van der Waals surface area contributed by atoms with Gasteiger partial charge in [0.15, 0.2) is 5.78 Å². The third-order valence-electron chi connectivity index (χ3n) is 3.73. The first-order valence-electron chi connectivity index (χ1n) is 7.19. The number of hydrogen-bond acceptors (Lipinski definition) is 3. The van der Waals surface area contributed by atoms with Crippen LogP contribution >= 0.6 is 11.8 Å². The zero-order valence-corrected chi connectivity index (χ0v) is 12.7. The van der Waals surface area contributed by atoms with Crippen molar-refractivity contribution in [1.82, 2.24) is 4.90 Å². The summed E-state index contributed by atoms with van der Waals surface area (Å²) in [6.07, 6.45) is 2.22. The molecule has 0 amide bonds. The van der Waals surface area contributed by atoms with Gasteiger partial charge >= 0.3 is 0 Å². The van der Waals surface area contributed by atoms with Crippen LogP contribution in [0, 0.1) is 0 Å². The number of ketones is 1. The molecule has 1 aromatic carbocycles. The monoisotopic (exact) mass is 277 g/mol. The van der Waals surface area contributed by atoms with Gasteiger partial charge in [-0.25, -0.2) is 0 Å². The van der Waals surface area contributed by atoms with E-state index in [-0.39, 0.29) is 5.78 Å². The van der Waals surface area contributed by atoms with Gasteiger partial charge in [-0.05, 0) is 18.4 Å². The van der Waals surface area contributed by atoms with E-state index in [1.807, 2.05) is 23.9 Å². The zero-order valence-electron chi connectivity index (χ0n) is 11.9. The second kappa shape index (κ2) is 7.11. The molecular weight excluding hydrogens is 254 g/mol. The van der Waals surface area contributed by atoms with E-state index >= 15 is 0 Å². The van der Waals surface area contributed by atoms with E-state index in [0.29, 0.717) is 11.8 Å². The van der Waals surface area contributed by atoms with Crippen LogP contribution in [0.3, 0.4) is 0 Å². The van der Waals surface area contributed by atoms with Gasteiger partial charge in [0.1, 0.15) is 0 Å². The number of thioether (sulfide) groups is 1. The Morgan fingerprint density at radius 1 is 1.32 bits per heavy atom. The van der Waals surface area contributed by atoms with Crippen molar-refractivity contribution in [2.45, 2.75) is 31.9 Å². The lowest BCUT2D eigenvalue weighted by molar-refractivity contribution is 0.0932. The van der Waals surface area contributed by atoms with E-state index < -0.39 is 0 Å². The number of aryl methyl sites for hydroxylation is 1. The average molecular weight is 277 g/mol. The highest BCUT2D eigenvalue weighted by Crippen LogP contribution is 2.21. The molecule has 0 bridgehead atoms. The normalized spacial score (nSPS) is 20.4. The van der Waals surface area contributed by atoms with Crippen molar-refractivity contribution in [3.63, 3.8) is 0 Å². The summed E-state index contributed by atoms with van der Waals surface area (Å²) in [4.78, 5) is 14.6. The van der Waals surface area contributed by atoms with E-state index in [9.17, 15) is 4.79 Å². The van der Waals surface area contributed by atoms with Crippen LogP contribution in [0.25, 0.3) is 0 Å². The topological polar surface area (TPSA) is 20.3 Å². The highest BCUT2D eigenvalue weighted by Gasteiger charge is 2.21. The first-order chi connectivity index (χ1) is 9.22. The third-order valence-corrected chi connectivity index (χ3v) is 5.10. The van der Waals surface area contributed by atoms with Gasteiger partial charge in [-0.1, -0.05) is 38.1 Å². The van der Waals surface area contributed by atoms with Gasteiger partial charge in [-0.3, -0.25) is 9.69 Å². The van der Waals surface area contributed by atoms with E-state index in [1.165, 1.54) is 12.0 Å². The van der Waals surface area contributed by atoms with Crippen molar-refractivity contribution < 1.29 is 4.79 Å². The second-order valence-electron chi connectivity index (χ2n) is 5.11. The van der Waals surface area contributed by atoms with E-state index in [1.54, 1.807) is 0 Å². The SMILES string of the molecule is CCc1ccc(C(=O)CN2CCSC(CC)C2)cc1. The molecule has 0 aromatic heterocycles. The summed E-state index contributed by atoms with van der Waals surface area (Å²) in [6, 6.07) is 8.07. The van der Waals surface area contributed by atoms with Crippen LogP contribution < -0.4 is 0 Å². The van der Waals surface area contributed by atoms with Crippen LogP contribution in [0.15, 0.2) is 24.3 Å². The predicted octanol–water partition coefficient (Wildman–Crippen LogP) is 3.26. The number of nitrogens with zero attached hydrogens (tertiary/aromatic N) is 1. The van der Waals surface area contributed by atoms with Gasteiger partial charge in [0.25, 0.3) is 0 Å². The van der Waals surface area contributed by atoms with Crippen molar-refractivity contribution in [1.29, 1.82) is 0 Å². The molecule has 0 spiro atoms. The molecule has 1 aliphatic heterocycles. The Hall–Kier alpha value is -0.800. The number of rotatable bonds is 5. The fraction of sp³-hybridized carbons (Fsp3) is 0.562. The van der Waals surface area contributed by atoms with Crippen LogP contribution in [0.2, 0.25) is 0 Å². The number of hydrogen-bond donors (Lipinski definition) is 0. The Bertz CT molecular complexity index is 415. The van der Waals surface area contributed by atoms with Crippen molar-refractivity contribution >= 4 is 17.5 Å². The van der Waals surface area contributed by atoms with Crippen LogP contribution in [-0.2, 0) is 6.42 Å². The summed E-state index contributed by atoms with van der Waals surface area (Å²) in [6.45, 7) is 7.03. The Labute approximate surface area is 120 Å². The molecule has 1 atom stereocenters. The predicted molar refractivity (Wildman–Crippen MR) is 83.1 cm³/mol. The smallest absolute Gasteiger partial charge is 0.176 e. The molecule has 1 aliphatic rings. The van der Waals surface area contributed by atoms with Crippen LogP contribution in [-0.4, -0.2) is 41.3 Å². The molecule has 19 heavy (non-hydrogen) atoms. The molecule has 104 valence electrons. The first kappa shape index (κ1) is 14.6. The molecule has 2 rings (SSSR count). The van der Waals surface area contributed by atoms with E-state index in [2.05, 4.69) is 30.9 Å². The van der Waals surface area contributed by atoms with Crippen molar-refractivity contribution in [3.05, 3.63) is 35.4 Å². The maximum atomic E-state index is 12.3. The van der Waals surface area contributed by atoms with Crippen LogP contribution in [0.1, 0.15) is 36.2 Å². The molecule has 0 saturated carbocycles. The molecular formula is C16H23NOS. The number of carbonyl (C=O) groups is 1. The van der Waals surface area contributed by atoms with Crippen LogP contribution in [0.4, 0.5) is 0 Å². The lowest BCUT2D eigenvalue weighted by atomic mass is 10.1. The molecule has 2 nitrogen and oxygen atoms in total. The van der Waals surface area contributed by atoms with Gasteiger partial charge in [0.05, 0.1) is 6.54 Å². The second-order valence-corrected chi connectivity index (χ2v) is 6.52. The minimum absolute atomic E-state index is 0.254. The summed E-state index contributed by atoms with van der Waals surface area (Å²) < 4.78 is 0. The number of Topliss-reactive ketones (excluding diaryl/α,β-unsaturated/α-hetero) is 1. The molecule has 1 fully saturated rings. The summed E-state index contributed by atoms with van der Waals surface area (Å²) in [5, 5.41) is 0.698.